The van der Waals surface area contributed by atoms with Crippen LogP contribution < -0.4 is 0 Å². The van der Waals surface area contributed by atoms with Crippen LogP contribution in [0.3, 0.4) is 0 Å². The minimum absolute atomic E-state index is 0.645. The number of aliphatic hydroxyl groups is 1. The molecule has 1 unspecified atom stereocenters. The monoisotopic (exact) mass is 355 g/mol. The normalized spacial score (nSPS) is 12.5. The number of pyridine rings is 1. The summed E-state index contributed by atoms with van der Waals surface area (Å²) in [6, 6.07) is 7.61. The molecule has 1 atom stereocenters. The van der Waals surface area contributed by atoms with Gasteiger partial charge in [-0.05, 0) is 68.1 Å². The number of aromatic nitrogens is 1. The molecule has 2 rings (SSSR count). The van der Waals surface area contributed by atoms with Gasteiger partial charge < -0.3 is 5.11 Å². The zero-order valence-electron chi connectivity index (χ0n) is 9.19. The average Bonchev–Trinajstić information content (AvgIpc) is 2.32. The molecule has 88 valence electrons. The van der Waals surface area contributed by atoms with Crippen molar-refractivity contribution >= 4 is 31.9 Å². The summed E-state index contributed by atoms with van der Waals surface area (Å²) in [7, 11) is 0. The lowest BCUT2D eigenvalue weighted by atomic mass is 10.00. The van der Waals surface area contributed by atoms with E-state index in [9.17, 15) is 5.11 Å². The van der Waals surface area contributed by atoms with E-state index in [-0.39, 0.29) is 0 Å². The smallest absolute Gasteiger partial charge is 0.106 e. The van der Waals surface area contributed by atoms with Gasteiger partial charge in [0, 0.05) is 26.9 Å². The standard InChI is InChI=1S/C13H11Br2NO/c1-8-4-5-16-7-10(8)13(17)9-2-3-11(14)12(15)6-9/h2-7,13,17H,1H3. The minimum Gasteiger partial charge on any atom is -0.384 e. The van der Waals surface area contributed by atoms with E-state index in [0.29, 0.717) is 0 Å². The highest BCUT2D eigenvalue weighted by molar-refractivity contribution is 9.13. The third-order valence-corrected chi connectivity index (χ3v) is 4.51. The molecule has 0 saturated heterocycles. The van der Waals surface area contributed by atoms with Gasteiger partial charge in [-0.1, -0.05) is 6.07 Å². The van der Waals surface area contributed by atoms with Crippen LogP contribution in [-0.2, 0) is 0 Å². The summed E-state index contributed by atoms with van der Waals surface area (Å²) in [5, 5.41) is 10.3. The summed E-state index contributed by atoms with van der Waals surface area (Å²) >= 11 is 6.84. The van der Waals surface area contributed by atoms with Gasteiger partial charge in [-0.25, -0.2) is 0 Å². The molecule has 0 spiro atoms. The molecule has 0 radical (unpaired) electrons. The second kappa shape index (κ2) is 5.29. The van der Waals surface area contributed by atoms with E-state index in [1.807, 2.05) is 31.2 Å². The van der Waals surface area contributed by atoms with E-state index in [1.54, 1.807) is 12.4 Å². The molecular formula is C13H11Br2NO. The van der Waals surface area contributed by atoms with Gasteiger partial charge >= 0.3 is 0 Å². The summed E-state index contributed by atoms with van der Waals surface area (Å²) in [4.78, 5) is 4.05. The molecule has 1 aromatic heterocycles. The molecule has 0 bridgehead atoms. The zero-order valence-corrected chi connectivity index (χ0v) is 12.4. The largest absolute Gasteiger partial charge is 0.384 e. The first-order chi connectivity index (χ1) is 8.09. The first kappa shape index (κ1) is 12.7. The van der Waals surface area contributed by atoms with Crippen molar-refractivity contribution in [3.05, 3.63) is 62.3 Å². The summed E-state index contributed by atoms with van der Waals surface area (Å²) in [5.74, 6) is 0. The first-order valence-corrected chi connectivity index (χ1v) is 6.71. The number of hydrogen-bond acceptors (Lipinski definition) is 2. The topological polar surface area (TPSA) is 33.1 Å². The van der Waals surface area contributed by atoms with Crippen LogP contribution in [0.25, 0.3) is 0 Å². The summed E-state index contributed by atoms with van der Waals surface area (Å²) in [6.07, 6.45) is 2.78. The van der Waals surface area contributed by atoms with Crippen LogP contribution in [0, 0.1) is 6.92 Å². The van der Waals surface area contributed by atoms with E-state index in [1.165, 1.54) is 0 Å². The zero-order chi connectivity index (χ0) is 12.4. The van der Waals surface area contributed by atoms with Crippen molar-refractivity contribution in [2.75, 3.05) is 0 Å². The van der Waals surface area contributed by atoms with Crippen LogP contribution in [-0.4, -0.2) is 10.1 Å². The maximum absolute atomic E-state index is 10.3. The fraction of sp³-hybridized carbons (Fsp3) is 0.154. The van der Waals surface area contributed by atoms with E-state index < -0.39 is 6.10 Å². The molecule has 2 nitrogen and oxygen atoms in total. The fourth-order valence-corrected chi connectivity index (χ4v) is 2.27. The highest BCUT2D eigenvalue weighted by Gasteiger charge is 2.13. The lowest BCUT2D eigenvalue weighted by Crippen LogP contribution is -2.02. The third kappa shape index (κ3) is 2.76. The quantitative estimate of drug-likeness (QED) is 0.882. The fourth-order valence-electron chi connectivity index (χ4n) is 1.62. The maximum atomic E-state index is 10.3. The molecule has 0 fully saturated rings. The Morgan fingerprint density at radius 3 is 2.59 bits per heavy atom. The molecule has 0 aliphatic heterocycles. The van der Waals surface area contributed by atoms with Crippen LogP contribution >= 0.6 is 31.9 Å². The van der Waals surface area contributed by atoms with E-state index in [2.05, 4.69) is 36.8 Å². The van der Waals surface area contributed by atoms with Gasteiger partial charge in [0.15, 0.2) is 0 Å². The Balaban J connectivity index is 2.40. The highest BCUT2D eigenvalue weighted by atomic mass is 79.9. The van der Waals surface area contributed by atoms with Crippen LogP contribution in [0.1, 0.15) is 22.8 Å². The van der Waals surface area contributed by atoms with Crippen molar-refractivity contribution in [1.29, 1.82) is 0 Å². The Bertz CT molecular complexity index is 543. The number of aryl methyl sites for hydroxylation is 1. The van der Waals surface area contributed by atoms with Crippen molar-refractivity contribution in [2.24, 2.45) is 0 Å². The molecule has 0 amide bonds. The van der Waals surface area contributed by atoms with Crippen molar-refractivity contribution in [3.8, 4) is 0 Å². The van der Waals surface area contributed by atoms with E-state index in [0.717, 1.165) is 25.6 Å². The van der Waals surface area contributed by atoms with Crippen molar-refractivity contribution in [1.82, 2.24) is 4.98 Å². The molecule has 1 N–H and O–H groups in total. The SMILES string of the molecule is Cc1ccncc1C(O)c1ccc(Br)c(Br)c1. The lowest BCUT2D eigenvalue weighted by Gasteiger charge is -2.14. The number of benzene rings is 1. The molecule has 2 aromatic rings. The Kier molecular flexibility index (Phi) is 3.97. The number of hydrogen-bond donors (Lipinski definition) is 1. The van der Waals surface area contributed by atoms with Gasteiger partial charge in [0.1, 0.15) is 6.10 Å². The van der Waals surface area contributed by atoms with Crippen LogP contribution in [0.5, 0.6) is 0 Å². The van der Waals surface area contributed by atoms with Crippen molar-refractivity contribution < 1.29 is 5.11 Å². The van der Waals surface area contributed by atoms with Crippen LogP contribution in [0.2, 0.25) is 0 Å². The molecule has 1 heterocycles. The van der Waals surface area contributed by atoms with Gasteiger partial charge in [-0.15, -0.1) is 0 Å². The second-order valence-corrected chi connectivity index (χ2v) is 5.52. The number of aliphatic hydroxyl groups excluding tert-OH is 1. The molecule has 0 aliphatic carbocycles. The van der Waals surface area contributed by atoms with Crippen LogP contribution in [0.4, 0.5) is 0 Å². The predicted octanol–water partition coefficient (Wildman–Crippen LogP) is 4.00. The van der Waals surface area contributed by atoms with Crippen molar-refractivity contribution in [2.45, 2.75) is 13.0 Å². The van der Waals surface area contributed by atoms with E-state index >= 15 is 0 Å². The van der Waals surface area contributed by atoms with Gasteiger partial charge in [0.2, 0.25) is 0 Å². The third-order valence-electron chi connectivity index (χ3n) is 2.63. The summed E-state index contributed by atoms with van der Waals surface area (Å²) in [6.45, 7) is 1.97. The minimum atomic E-state index is -0.645. The van der Waals surface area contributed by atoms with Gasteiger partial charge in [-0.2, -0.15) is 0 Å². The second-order valence-electron chi connectivity index (χ2n) is 3.81. The molecule has 0 saturated carbocycles. The Hall–Kier alpha value is -0.710. The number of nitrogens with zero attached hydrogens (tertiary/aromatic N) is 1. The van der Waals surface area contributed by atoms with Gasteiger partial charge in [0.05, 0.1) is 0 Å². The molecule has 4 heteroatoms. The Labute approximate surface area is 117 Å². The number of rotatable bonds is 2. The highest BCUT2D eigenvalue weighted by Crippen LogP contribution is 2.30. The summed E-state index contributed by atoms with van der Waals surface area (Å²) < 4.78 is 1.90. The van der Waals surface area contributed by atoms with Crippen molar-refractivity contribution in [3.63, 3.8) is 0 Å². The summed E-state index contributed by atoms with van der Waals surface area (Å²) in [5.41, 5.74) is 2.71. The first-order valence-electron chi connectivity index (χ1n) is 5.13. The Morgan fingerprint density at radius 1 is 1.18 bits per heavy atom. The molecule has 17 heavy (non-hydrogen) atoms. The maximum Gasteiger partial charge on any atom is 0.106 e. The molecule has 0 aliphatic rings. The molecular weight excluding hydrogens is 346 g/mol. The Morgan fingerprint density at radius 2 is 1.94 bits per heavy atom. The molecule has 1 aromatic carbocycles. The van der Waals surface area contributed by atoms with Gasteiger partial charge in [0.25, 0.3) is 0 Å². The van der Waals surface area contributed by atoms with Crippen LogP contribution in [0.15, 0.2) is 45.6 Å². The lowest BCUT2D eigenvalue weighted by molar-refractivity contribution is 0.219. The number of halogens is 2. The van der Waals surface area contributed by atoms with Gasteiger partial charge in [-0.3, -0.25) is 4.98 Å². The predicted molar refractivity (Wildman–Crippen MR) is 74.9 cm³/mol. The van der Waals surface area contributed by atoms with E-state index in [4.69, 9.17) is 0 Å². The average molecular weight is 357 g/mol.